The van der Waals surface area contributed by atoms with E-state index in [4.69, 9.17) is 16.3 Å². The fourth-order valence-electron chi connectivity index (χ4n) is 3.74. The Bertz CT molecular complexity index is 1380. The molecule has 0 aliphatic rings. The van der Waals surface area contributed by atoms with Crippen LogP contribution < -0.4 is 9.47 Å². The van der Waals surface area contributed by atoms with Crippen LogP contribution in [0, 0.1) is 16.5 Å². The first kappa shape index (κ1) is 23.1. The number of nitriles is 1. The molecule has 4 rings (SSSR count). The fraction of sp³-hybridized carbons (Fsp3) is 0.227. The highest BCUT2D eigenvalue weighted by Gasteiger charge is 2.26. The largest absolute Gasteiger partial charge is 0.618 e. The lowest BCUT2D eigenvalue weighted by Crippen LogP contribution is -2.35. The van der Waals surface area contributed by atoms with Gasteiger partial charge in [0.1, 0.15) is 18.1 Å². The number of hydrogen-bond donors (Lipinski definition) is 0. The predicted octanol–water partition coefficient (Wildman–Crippen LogP) is 4.37. The molecule has 1 unspecified atom stereocenters. The van der Waals surface area contributed by atoms with Crippen molar-refractivity contribution in [3.8, 4) is 34.3 Å². The third-order valence-corrected chi connectivity index (χ3v) is 5.56. The highest BCUT2D eigenvalue weighted by molar-refractivity contribution is 6.31. The lowest BCUT2D eigenvalue weighted by atomic mass is 9.99. The van der Waals surface area contributed by atoms with E-state index in [9.17, 15) is 19.2 Å². The van der Waals surface area contributed by atoms with Gasteiger partial charge in [-0.3, -0.25) is 4.68 Å². The van der Waals surface area contributed by atoms with Crippen molar-refractivity contribution in [1.82, 2.24) is 24.5 Å². The SMILES string of the molecule is CCC(c1cc(OC)c(-c2cc(Cl)ccc2C#N)c[n+]1[O-])n1cc(-c2ncnn2C(F)F)cn1. The molecule has 12 heteroatoms. The third-order valence-electron chi connectivity index (χ3n) is 5.32. The van der Waals surface area contributed by atoms with E-state index in [1.165, 1.54) is 30.4 Å². The molecule has 34 heavy (non-hydrogen) atoms. The van der Waals surface area contributed by atoms with E-state index in [2.05, 4.69) is 21.3 Å². The molecule has 0 amide bonds. The van der Waals surface area contributed by atoms with E-state index in [0.29, 0.717) is 54.6 Å². The Morgan fingerprint density at radius 2 is 2.06 bits per heavy atom. The second-order valence-electron chi connectivity index (χ2n) is 7.25. The molecule has 0 bridgehead atoms. The van der Waals surface area contributed by atoms with E-state index in [1.807, 2.05) is 6.92 Å². The monoisotopic (exact) mass is 485 g/mol. The van der Waals surface area contributed by atoms with Crippen LogP contribution in [0.4, 0.5) is 8.78 Å². The first-order valence-corrected chi connectivity index (χ1v) is 10.5. The molecule has 3 heterocycles. The lowest BCUT2D eigenvalue weighted by molar-refractivity contribution is -0.615. The molecule has 9 nitrogen and oxygen atoms in total. The van der Waals surface area contributed by atoms with Gasteiger partial charge in [0.2, 0.25) is 5.69 Å². The molecule has 4 aromatic rings. The summed E-state index contributed by atoms with van der Waals surface area (Å²) in [5.74, 6) is 0.327. The van der Waals surface area contributed by atoms with Gasteiger partial charge >= 0.3 is 6.55 Å². The van der Waals surface area contributed by atoms with Crippen molar-refractivity contribution >= 4 is 11.6 Å². The maximum Gasteiger partial charge on any atom is 0.335 e. The molecule has 1 aromatic carbocycles. The molecule has 0 saturated carbocycles. The number of pyridine rings is 1. The number of ether oxygens (including phenoxy) is 1. The van der Waals surface area contributed by atoms with Crippen molar-refractivity contribution in [2.75, 3.05) is 7.11 Å². The summed E-state index contributed by atoms with van der Waals surface area (Å²) in [7, 11) is 1.46. The topological polar surface area (TPSA) is 108 Å². The molecule has 3 aromatic heterocycles. The molecule has 0 fully saturated rings. The zero-order valence-electron chi connectivity index (χ0n) is 18.1. The van der Waals surface area contributed by atoms with Crippen molar-refractivity contribution in [2.45, 2.75) is 25.9 Å². The summed E-state index contributed by atoms with van der Waals surface area (Å²) in [5.41, 5.74) is 1.84. The number of hydrogen-bond acceptors (Lipinski definition) is 6. The van der Waals surface area contributed by atoms with E-state index in [-0.39, 0.29) is 5.82 Å². The fourth-order valence-corrected chi connectivity index (χ4v) is 3.91. The van der Waals surface area contributed by atoms with Gasteiger partial charge in [0.25, 0.3) is 0 Å². The van der Waals surface area contributed by atoms with Crippen molar-refractivity contribution in [2.24, 2.45) is 0 Å². The van der Waals surface area contributed by atoms with Crippen LogP contribution in [0.15, 0.2) is 49.2 Å². The summed E-state index contributed by atoms with van der Waals surface area (Å²) in [6.45, 7) is -0.994. The number of halogens is 3. The standard InChI is InChI=1S/C22H18ClF2N7O2/c1-3-18(30-10-14(9-28-30)21-27-12-29-32(21)22(24)25)19-7-20(34-2)17(11-31(19)33)16-6-15(23)5-4-13(16)8-26/h4-7,9-12,18,22H,3H2,1-2H3. The molecule has 0 spiro atoms. The molecule has 0 N–H and O–H groups in total. The minimum absolute atomic E-state index is 0.0379. The van der Waals surface area contributed by atoms with Gasteiger partial charge < -0.3 is 9.94 Å². The summed E-state index contributed by atoms with van der Waals surface area (Å²) in [6.07, 6.45) is 5.74. The third kappa shape index (κ3) is 4.15. The summed E-state index contributed by atoms with van der Waals surface area (Å²) in [4.78, 5) is 3.89. The van der Waals surface area contributed by atoms with Crippen LogP contribution in [0.1, 0.15) is 37.2 Å². The van der Waals surface area contributed by atoms with Gasteiger partial charge in [-0.1, -0.05) is 18.5 Å². The van der Waals surface area contributed by atoms with E-state index < -0.39 is 12.6 Å². The Morgan fingerprint density at radius 3 is 2.74 bits per heavy atom. The van der Waals surface area contributed by atoms with Crippen LogP contribution in [-0.2, 0) is 0 Å². The zero-order chi connectivity index (χ0) is 24.4. The molecule has 0 saturated heterocycles. The summed E-state index contributed by atoms with van der Waals surface area (Å²) >= 11 is 6.11. The highest BCUT2D eigenvalue weighted by atomic mass is 35.5. The van der Waals surface area contributed by atoms with Gasteiger partial charge in [-0.2, -0.15) is 33.7 Å². The maximum atomic E-state index is 13.2. The van der Waals surface area contributed by atoms with Gasteiger partial charge in [0, 0.05) is 16.8 Å². The number of alkyl halides is 2. The van der Waals surface area contributed by atoms with Crippen LogP contribution in [0.25, 0.3) is 22.5 Å². The van der Waals surface area contributed by atoms with Gasteiger partial charge in [0.05, 0.1) is 42.1 Å². The normalized spacial score (nSPS) is 12.0. The Morgan fingerprint density at radius 1 is 1.26 bits per heavy atom. The van der Waals surface area contributed by atoms with Crippen molar-refractivity contribution < 1.29 is 18.2 Å². The van der Waals surface area contributed by atoms with Gasteiger partial charge in [-0.15, -0.1) is 0 Å². The quantitative estimate of drug-likeness (QED) is 0.284. The number of rotatable bonds is 7. The van der Waals surface area contributed by atoms with Crippen LogP contribution in [-0.4, -0.2) is 31.7 Å². The van der Waals surface area contributed by atoms with Crippen molar-refractivity contribution in [3.05, 3.63) is 70.7 Å². The van der Waals surface area contributed by atoms with E-state index >= 15 is 0 Å². The first-order chi connectivity index (χ1) is 16.4. The van der Waals surface area contributed by atoms with Gasteiger partial charge in [-0.25, -0.2) is 4.98 Å². The van der Waals surface area contributed by atoms with Crippen LogP contribution >= 0.6 is 11.6 Å². The summed E-state index contributed by atoms with van der Waals surface area (Å²) in [6, 6.07) is 7.87. The average Bonchev–Trinajstić information content (AvgIpc) is 3.50. The van der Waals surface area contributed by atoms with Crippen LogP contribution in [0.2, 0.25) is 5.02 Å². The Hall–Kier alpha value is -4.04. The molecule has 0 radical (unpaired) electrons. The first-order valence-electron chi connectivity index (χ1n) is 10.1. The highest BCUT2D eigenvalue weighted by Crippen LogP contribution is 2.35. The van der Waals surface area contributed by atoms with E-state index in [1.54, 1.807) is 24.3 Å². The smallest absolute Gasteiger partial charge is 0.335 e. The minimum Gasteiger partial charge on any atom is -0.618 e. The maximum absolute atomic E-state index is 13.2. The minimum atomic E-state index is -2.85. The molecule has 0 aliphatic carbocycles. The van der Waals surface area contributed by atoms with Crippen molar-refractivity contribution in [3.63, 3.8) is 0 Å². The van der Waals surface area contributed by atoms with Gasteiger partial charge in [-0.05, 0) is 24.6 Å². The van der Waals surface area contributed by atoms with E-state index in [0.717, 1.165) is 6.33 Å². The van der Waals surface area contributed by atoms with Crippen LogP contribution in [0.5, 0.6) is 5.75 Å². The molecule has 174 valence electrons. The Kier molecular flexibility index (Phi) is 6.43. The average molecular weight is 486 g/mol. The molecular formula is C22H18ClF2N7O2. The number of benzene rings is 1. The second-order valence-corrected chi connectivity index (χ2v) is 7.68. The predicted molar refractivity (Wildman–Crippen MR) is 118 cm³/mol. The zero-order valence-corrected chi connectivity index (χ0v) is 18.8. The Balaban J connectivity index is 1.78. The summed E-state index contributed by atoms with van der Waals surface area (Å²) in [5, 5.41) is 30.8. The lowest BCUT2D eigenvalue weighted by Gasteiger charge is -2.18. The molecule has 1 atom stereocenters. The number of nitrogens with zero attached hydrogens (tertiary/aromatic N) is 7. The number of aromatic nitrogens is 6. The Labute approximate surface area is 198 Å². The second kappa shape index (κ2) is 9.44. The summed E-state index contributed by atoms with van der Waals surface area (Å²) < 4.78 is 34.6. The molecular weight excluding hydrogens is 468 g/mol. The van der Waals surface area contributed by atoms with Gasteiger partial charge in [0.15, 0.2) is 12.0 Å². The van der Waals surface area contributed by atoms with Crippen LogP contribution in [0.3, 0.4) is 0 Å². The molecule has 0 aliphatic heterocycles. The number of methoxy groups -OCH3 is 1. The van der Waals surface area contributed by atoms with Crippen molar-refractivity contribution in [1.29, 1.82) is 5.26 Å².